The molecule has 0 saturated heterocycles. The number of anilines is 1. The average Bonchev–Trinajstić information content (AvgIpc) is 2.53. The quantitative estimate of drug-likeness (QED) is 0.613. The summed E-state index contributed by atoms with van der Waals surface area (Å²) in [6.07, 6.45) is 0.383. The number of primary amides is 1. The maximum absolute atomic E-state index is 12.5. The van der Waals surface area contributed by atoms with Gasteiger partial charge in [0.05, 0.1) is 7.11 Å². The monoisotopic (exact) mass is 386 g/mol. The van der Waals surface area contributed by atoms with E-state index < -0.39 is 28.0 Å². The Morgan fingerprint density at radius 1 is 1.27 bits per heavy atom. The van der Waals surface area contributed by atoms with Crippen LogP contribution in [-0.4, -0.2) is 51.9 Å². The third-order valence-corrected chi connectivity index (χ3v) is 5.37. The van der Waals surface area contributed by atoms with Crippen molar-refractivity contribution in [2.45, 2.75) is 31.2 Å². The maximum Gasteiger partial charge on any atom is 0.312 e. The number of sulfonamides is 1. The Balaban J connectivity index is 3.16. The lowest BCUT2D eigenvalue weighted by molar-refractivity contribution is -0.118. The van der Waals surface area contributed by atoms with Crippen LogP contribution in [0.4, 0.5) is 10.5 Å². The summed E-state index contributed by atoms with van der Waals surface area (Å²) in [7, 11) is 0.387. The number of benzene rings is 1. The lowest BCUT2D eigenvalue weighted by atomic mass is 10.0. The summed E-state index contributed by atoms with van der Waals surface area (Å²) in [5.41, 5.74) is 5.38. The van der Waals surface area contributed by atoms with Gasteiger partial charge in [0.25, 0.3) is 0 Å². The summed E-state index contributed by atoms with van der Waals surface area (Å²) in [6, 6.07) is 2.63. The van der Waals surface area contributed by atoms with Gasteiger partial charge in [-0.25, -0.2) is 17.5 Å². The van der Waals surface area contributed by atoms with Crippen molar-refractivity contribution in [2.75, 3.05) is 26.5 Å². The van der Waals surface area contributed by atoms with Gasteiger partial charge in [0, 0.05) is 19.8 Å². The second-order valence-electron chi connectivity index (χ2n) is 6.33. The topological polar surface area (TPSA) is 131 Å². The van der Waals surface area contributed by atoms with Crippen molar-refractivity contribution in [2.24, 2.45) is 11.7 Å². The van der Waals surface area contributed by atoms with Crippen molar-refractivity contribution >= 4 is 27.6 Å². The average molecular weight is 386 g/mol. The van der Waals surface area contributed by atoms with E-state index in [0.717, 1.165) is 4.31 Å². The fourth-order valence-corrected chi connectivity index (χ4v) is 3.33. The second kappa shape index (κ2) is 8.86. The highest BCUT2D eigenvalue weighted by Crippen LogP contribution is 2.29. The molecule has 1 unspecified atom stereocenters. The summed E-state index contributed by atoms with van der Waals surface area (Å²) in [6.45, 7) is 3.80. The second-order valence-corrected chi connectivity index (χ2v) is 8.45. The number of carbonyl (C=O) groups excluding carboxylic acids is 2. The van der Waals surface area contributed by atoms with Crippen LogP contribution in [0.25, 0.3) is 0 Å². The van der Waals surface area contributed by atoms with Gasteiger partial charge in [-0.2, -0.15) is 0 Å². The Hall–Kier alpha value is -2.33. The van der Waals surface area contributed by atoms with Gasteiger partial charge in [-0.15, -0.1) is 0 Å². The van der Waals surface area contributed by atoms with E-state index in [2.05, 4.69) is 10.6 Å². The van der Waals surface area contributed by atoms with Gasteiger partial charge in [-0.3, -0.25) is 4.79 Å². The van der Waals surface area contributed by atoms with E-state index in [9.17, 15) is 18.0 Å². The fraction of sp³-hybridized carbons (Fsp3) is 0.500. The van der Waals surface area contributed by atoms with Crippen LogP contribution in [0.5, 0.6) is 5.75 Å². The first-order valence-electron chi connectivity index (χ1n) is 7.96. The van der Waals surface area contributed by atoms with Gasteiger partial charge in [0.1, 0.15) is 16.7 Å². The number of hydrogen-bond donors (Lipinski definition) is 3. The molecule has 1 rings (SSSR count). The smallest absolute Gasteiger partial charge is 0.312 e. The van der Waals surface area contributed by atoms with Gasteiger partial charge in [-0.05, 0) is 30.5 Å². The van der Waals surface area contributed by atoms with Crippen molar-refractivity contribution in [3.8, 4) is 5.75 Å². The lowest BCUT2D eigenvalue weighted by Gasteiger charge is -2.20. The highest BCUT2D eigenvalue weighted by Gasteiger charge is 2.25. The molecule has 9 nitrogen and oxygen atoms in total. The Kier molecular flexibility index (Phi) is 7.40. The van der Waals surface area contributed by atoms with Crippen molar-refractivity contribution in [3.05, 3.63) is 18.2 Å². The summed E-state index contributed by atoms with van der Waals surface area (Å²) >= 11 is 0. The highest BCUT2D eigenvalue weighted by atomic mass is 32.2. The Labute approximate surface area is 153 Å². The minimum absolute atomic E-state index is 0.0777. The molecular formula is C16H26N4O5S. The number of rotatable bonds is 8. The molecule has 1 aromatic rings. The molecule has 0 bridgehead atoms. The minimum Gasteiger partial charge on any atom is -0.495 e. The number of carbonyl (C=O) groups is 2. The molecule has 0 saturated carbocycles. The van der Waals surface area contributed by atoms with Gasteiger partial charge >= 0.3 is 6.03 Å². The van der Waals surface area contributed by atoms with Crippen molar-refractivity contribution < 1.29 is 22.7 Å². The minimum atomic E-state index is -3.77. The molecule has 0 aliphatic heterocycles. The van der Waals surface area contributed by atoms with E-state index in [-0.39, 0.29) is 22.3 Å². The van der Waals surface area contributed by atoms with Crippen molar-refractivity contribution in [1.82, 2.24) is 9.62 Å². The SMILES string of the molecule is COc1ccc(NC(=O)C(CC(C)C)NC(N)=O)cc1S(=O)(=O)N(C)C. The predicted molar refractivity (Wildman–Crippen MR) is 98.5 cm³/mol. The molecule has 0 heterocycles. The van der Waals surface area contributed by atoms with Crippen LogP contribution in [0.15, 0.2) is 23.1 Å². The Morgan fingerprint density at radius 3 is 2.35 bits per heavy atom. The Bertz CT molecular complexity index is 762. The van der Waals surface area contributed by atoms with Crippen molar-refractivity contribution in [1.29, 1.82) is 0 Å². The zero-order valence-electron chi connectivity index (χ0n) is 15.6. The molecule has 0 aliphatic rings. The number of nitrogens with two attached hydrogens (primary N) is 1. The number of ether oxygens (including phenoxy) is 1. The predicted octanol–water partition coefficient (Wildman–Crippen LogP) is 0.967. The summed E-state index contributed by atoms with van der Waals surface area (Å²) < 4.78 is 31.0. The number of urea groups is 1. The third-order valence-electron chi connectivity index (χ3n) is 3.53. The number of nitrogens with zero attached hydrogens (tertiary/aromatic N) is 1. The highest BCUT2D eigenvalue weighted by molar-refractivity contribution is 7.89. The first-order chi connectivity index (χ1) is 12.0. The largest absolute Gasteiger partial charge is 0.495 e. The lowest BCUT2D eigenvalue weighted by Crippen LogP contribution is -2.46. The summed E-state index contributed by atoms with van der Waals surface area (Å²) in [4.78, 5) is 23.5. The van der Waals surface area contributed by atoms with E-state index >= 15 is 0 Å². The van der Waals surface area contributed by atoms with Gasteiger partial charge < -0.3 is 21.1 Å². The van der Waals surface area contributed by atoms with E-state index in [4.69, 9.17) is 10.5 Å². The molecule has 0 spiro atoms. The molecular weight excluding hydrogens is 360 g/mol. The standard InChI is InChI=1S/C16H26N4O5S/c1-10(2)8-12(19-16(17)22)15(21)18-11-6-7-13(25-5)14(9-11)26(23,24)20(3)4/h6-7,9-10,12H,8H2,1-5H3,(H,18,21)(H3,17,19,22). The van der Waals surface area contributed by atoms with Crippen LogP contribution in [0, 0.1) is 5.92 Å². The molecule has 1 aromatic carbocycles. The summed E-state index contributed by atoms with van der Waals surface area (Å²) in [5.74, 6) is -0.195. The van der Waals surface area contributed by atoms with Crippen molar-refractivity contribution in [3.63, 3.8) is 0 Å². The van der Waals surface area contributed by atoms with Crippen LogP contribution >= 0.6 is 0 Å². The fourth-order valence-electron chi connectivity index (χ4n) is 2.26. The van der Waals surface area contributed by atoms with Gasteiger partial charge in [-0.1, -0.05) is 13.8 Å². The van der Waals surface area contributed by atoms with Crippen LogP contribution < -0.4 is 21.1 Å². The number of amides is 3. The van der Waals surface area contributed by atoms with E-state index in [1.165, 1.54) is 39.4 Å². The number of hydrogen-bond acceptors (Lipinski definition) is 5. The van der Waals surface area contributed by atoms with Gasteiger partial charge in [0.2, 0.25) is 15.9 Å². The normalized spacial score (nSPS) is 12.7. The van der Waals surface area contributed by atoms with Crippen LogP contribution in [0.1, 0.15) is 20.3 Å². The van der Waals surface area contributed by atoms with E-state index in [1.54, 1.807) is 0 Å². The molecule has 0 aromatic heterocycles. The zero-order valence-corrected chi connectivity index (χ0v) is 16.4. The van der Waals surface area contributed by atoms with E-state index in [1.807, 2.05) is 13.8 Å². The maximum atomic E-state index is 12.5. The number of methoxy groups -OCH3 is 1. The van der Waals surface area contributed by atoms with Crippen LogP contribution in [0.2, 0.25) is 0 Å². The molecule has 10 heteroatoms. The van der Waals surface area contributed by atoms with Gasteiger partial charge in [0.15, 0.2) is 0 Å². The molecule has 0 radical (unpaired) electrons. The first-order valence-corrected chi connectivity index (χ1v) is 9.40. The molecule has 146 valence electrons. The molecule has 1 atom stereocenters. The van der Waals surface area contributed by atoms with E-state index in [0.29, 0.717) is 6.42 Å². The molecule has 4 N–H and O–H groups in total. The molecule has 0 fully saturated rings. The molecule has 26 heavy (non-hydrogen) atoms. The zero-order chi connectivity index (χ0) is 20.1. The molecule has 0 aliphatic carbocycles. The summed E-state index contributed by atoms with van der Waals surface area (Å²) in [5, 5.41) is 5.00. The first kappa shape index (κ1) is 21.7. The van der Waals surface area contributed by atoms with Crippen LogP contribution in [0.3, 0.4) is 0 Å². The third kappa shape index (κ3) is 5.60. The Morgan fingerprint density at radius 2 is 1.88 bits per heavy atom. The molecule has 3 amide bonds. The van der Waals surface area contributed by atoms with Crippen LogP contribution in [-0.2, 0) is 14.8 Å². The number of nitrogens with one attached hydrogen (secondary N) is 2.